The monoisotopic (exact) mass is 315 g/mol. The number of anilines is 1. The molecule has 1 amide bonds. The van der Waals surface area contributed by atoms with E-state index in [1.54, 1.807) is 24.3 Å². The summed E-state index contributed by atoms with van der Waals surface area (Å²) in [6.07, 6.45) is 1.58. The zero-order valence-corrected chi connectivity index (χ0v) is 12.7. The van der Waals surface area contributed by atoms with Crippen LogP contribution in [0.25, 0.3) is 0 Å². The molecule has 108 valence electrons. The minimum atomic E-state index is -0.840. The van der Waals surface area contributed by atoms with Gasteiger partial charge in [-0.2, -0.15) is 0 Å². The molecule has 0 saturated heterocycles. The Morgan fingerprint density at radius 2 is 2.00 bits per heavy atom. The van der Waals surface area contributed by atoms with Crippen LogP contribution in [0, 0.1) is 5.92 Å². The maximum Gasteiger partial charge on any atom is 0.235 e. The van der Waals surface area contributed by atoms with Gasteiger partial charge in [0.1, 0.15) is 21.9 Å². The number of Topliss-reactive ketones (excluding diaryl/α,β-unsaturated/α-hetero) is 1. The van der Waals surface area contributed by atoms with Gasteiger partial charge in [-0.25, -0.2) is 0 Å². The van der Waals surface area contributed by atoms with Gasteiger partial charge in [0.15, 0.2) is 0 Å². The predicted molar refractivity (Wildman–Crippen MR) is 80.2 cm³/mol. The first kappa shape index (κ1) is 16.5. The predicted octanol–water partition coefficient (Wildman–Crippen LogP) is 3.55. The summed E-state index contributed by atoms with van der Waals surface area (Å²) in [6, 6.07) is 6.95. The zero-order chi connectivity index (χ0) is 15.1. The summed E-state index contributed by atoms with van der Waals surface area (Å²) in [6.45, 7) is 1.35. The highest BCUT2D eigenvalue weighted by Gasteiger charge is 2.23. The number of hydrogen-bond acceptors (Lipinski definition) is 3. The molecule has 0 fully saturated rings. The van der Waals surface area contributed by atoms with Crippen molar-refractivity contribution in [2.45, 2.75) is 13.3 Å². The average molecular weight is 316 g/mol. The highest BCUT2D eigenvalue weighted by Crippen LogP contribution is 2.24. The molecule has 0 heterocycles. The van der Waals surface area contributed by atoms with Crippen LogP contribution in [0.15, 0.2) is 34.8 Å². The number of ether oxygens (including phenoxy) is 1. The van der Waals surface area contributed by atoms with Crippen LogP contribution in [0.5, 0.6) is 5.75 Å². The molecular formula is C14H15Cl2NO3. The summed E-state index contributed by atoms with van der Waals surface area (Å²) < 4.78 is 5.16. The van der Waals surface area contributed by atoms with Crippen molar-refractivity contribution in [1.29, 1.82) is 0 Å². The maximum atomic E-state index is 12.1. The summed E-state index contributed by atoms with van der Waals surface area (Å²) >= 11 is 11.0. The Morgan fingerprint density at radius 3 is 2.55 bits per heavy atom. The van der Waals surface area contributed by atoms with E-state index in [4.69, 9.17) is 27.9 Å². The number of hydrogen-bond donors (Lipinski definition) is 1. The van der Waals surface area contributed by atoms with Gasteiger partial charge in [-0.15, -0.1) is 0 Å². The van der Waals surface area contributed by atoms with E-state index in [9.17, 15) is 9.59 Å². The van der Waals surface area contributed by atoms with Gasteiger partial charge in [-0.1, -0.05) is 41.4 Å². The molecule has 20 heavy (non-hydrogen) atoms. The van der Waals surface area contributed by atoms with Gasteiger partial charge in [0.05, 0.1) is 12.8 Å². The Kier molecular flexibility index (Phi) is 6.55. The van der Waals surface area contributed by atoms with Crippen molar-refractivity contribution in [2.24, 2.45) is 5.92 Å². The number of benzene rings is 1. The molecular weight excluding hydrogens is 301 g/mol. The normalized spacial score (nSPS) is 11.4. The third-order valence-electron chi connectivity index (χ3n) is 2.68. The first-order valence-electron chi connectivity index (χ1n) is 5.91. The molecule has 0 radical (unpaired) electrons. The lowest BCUT2D eigenvalue weighted by molar-refractivity contribution is -0.129. The van der Waals surface area contributed by atoms with Crippen LogP contribution in [0.1, 0.15) is 13.3 Å². The minimum Gasteiger partial charge on any atom is -0.495 e. The number of amides is 1. The van der Waals surface area contributed by atoms with Crippen molar-refractivity contribution in [2.75, 3.05) is 12.4 Å². The lowest BCUT2D eigenvalue weighted by Crippen LogP contribution is -2.28. The largest absolute Gasteiger partial charge is 0.495 e. The molecule has 6 heteroatoms. The minimum absolute atomic E-state index is 0.0290. The van der Waals surface area contributed by atoms with E-state index in [1.807, 2.05) is 0 Å². The quantitative estimate of drug-likeness (QED) is 0.817. The lowest BCUT2D eigenvalue weighted by atomic mass is 10.00. The van der Waals surface area contributed by atoms with Gasteiger partial charge in [-0.3, -0.25) is 9.59 Å². The van der Waals surface area contributed by atoms with Gasteiger partial charge in [-0.05, 0) is 25.5 Å². The van der Waals surface area contributed by atoms with Crippen molar-refractivity contribution < 1.29 is 14.3 Å². The molecule has 0 spiro atoms. The molecule has 0 aliphatic heterocycles. The number of rotatable bonds is 6. The van der Waals surface area contributed by atoms with Crippen molar-refractivity contribution >= 4 is 40.6 Å². The summed E-state index contributed by atoms with van der Waals surface area (Å²) in [4.78, 5) is 23.7. The average Bonchev–Trinajstić information content (AvgIpc) is 2.38. The number of carbonyl (C=O) groups is 2. The third-order valence-corrected chi connectivity index (χ3v) is 2.99. The lowest BCUT2D eigenvalue weighted by Gasteiger charge is -2.14. The number of nitrogens with one attached hydrogen (secondary N) is 1. The Balaban J connectivity index is 2.86. The second-order valence-electron chi connectivity index (χ2n) is 4.08. The molecule has 0 aliphatic rings. The standard InChI is InChI=1S/C14H15Cl2NO3/c1-9(18)10(7-8-13(15)16)14(19)17-11-5-3-4-6-12(11)20-2/h3-6,8,10H,7H2,1-2H3,(H,17,19)/t10-/m1/s1. The zero-order valence-electron chi connectivity index (χ0n) is 11.2. The van der Waals surface area contributed by atoms with E-state index >= 15 is 0 Å². The van der Waals surface area contributed by atoms with Crippen LogP contribution in [-0.4, -0.2) is 18.8 Å². The molecule has 0 saturated carbocycles. The fraction of sp³-hybridized carbons (Fsp3) is 0.286. The second-order valence-corrected chi connectivity index (χ2v) is 5.09. The molecule has 0 bridgehead atoms. The van der Waals surface area contributed by atoms with Crippen LogP contribution in [-0.2, 0) is 9.59 Å². The van der Waals surface area contributed by atoms with Crippen LogP contribution in [0.3, 0.4) is 0 Å². The Bertz CT molecular complexity index is 525. The number of para-hydroxylation sites is 2. The molecule has 0 unspecified atom stereocenters. The summed E-state index contributed by atoms with van der Waals surface area (Å²) in [5.74, 6) is -1.00. The van der Waals surface area contributed by atoms with Crippen molar-refractivity contribution in [3.8, 4) is 5.75 Å². The first-order valence-corrected chi connectivity index (χ1v) is 6.66. The van der Waals surface area contributed by atoms with Crippen molar-refractivity contribution in [3.05, 3.63) is 34.8 Å². The van der Waals surface area contributed by atoms with Gasteiger partial charge in [0.25, 0.3) is 0 Å². The van der Waals surface area contributed by atoms with E-state index in [0.29, 0.717) is 11.4 Å². The summed E-state index contributed by atoms with van der Waals surface area (Å²) in [5, 5.41) is 2.67. The Morgan fingerprint density at radius 1 is 1.35 bits per heavy atom. The van der Waals surface area contributed by atoms with E-state index in [1.165, 1.54) is 20.1 Å². The number of carbonyl (C=O) groups excluding carboxylic acids is 2. The van der Waals surface area contributed by atoms with Crippen LogP contribution >= 0.6 is 23.2 Å². The highest BCUT2D eigenvalue weighted by molar-refractivity contribution is 6.55. The number of ketones is 1. The molecule has 1 aromatic carbocycles. The Hall–Kier alpha value is -1.52. The first-order chi connectivity index (χ1) is 9.45. The van der Waals surface area contributed by atoms with Crippen LogP contribution in [0.4, 0.5) is 5.69 Å². The topological polar surface area (TPSA) is 55.4 Å². The number of halogens is 2. The smallest absolute Gasteiger partial charge is 0.235 e. The molecule has 4 nitrogen and oxygen atoms in total. The summed E-state index contributed by atoms with van der Waals surface area (Å²) in [5.41, 5.74) is 0.507. The molecule has 1 atom stereocenters. The number of allylic oxidation sites excluding steroid dienone is 1. The van der Waals surface area contributed by atoms with Crippen LogP contribution in [0.2, 0.25) is 0 Å². The molecule has 1 N–H and O–H groups in total. The van der Waals surface area contributed by atoms with Crippen molar-refractivity contribution in [3.63, 3.8) is 0 Å². The van der Waals surface area contributed by atoms with E-state index < -0.39 is 11.8 Å². The Labute approximate surface area is 127 Å². The molecule has 0 aliphatic carbocycles. The molecule has 0 aromatic heterocycles. The molecule has 1 rings (SSSR count). The van der Waals surface area contributed by atoms with Crippen molar-refractivity contribution in [1.82, 2.24) is 0 Å². The second kappa shape index (κ2) is 7.92. The van der Waals surface area contributed by atoms with E-state index in [0.717, 1.165) is 0 Å². The summed E-state index contributed by atoms with van der Waals surface area (Å²) in [7, 11) is 1.50. The fourth-order valence-electron chi connectivity index (χ4n) is 1.63. The van der Waals surface area contributed by atoms with E-state index in [-0.39, 0.29) is 16.7 Å². The van der Waals surface area contributed by atoms with Gasteiger partial charge in [0.2, 0.25) is 5.91 Å². The fourth-order valence-corrected chi connectivity index (χ4v) is 1.81. The van der Waals surface area contributed by atoms with Gasteiger partial charge >= 0.3 is 0 Å². The van der Waals surface area contributed by atoms with Crippen LogP contribution < -0.4 is 10.1 Å². The number of methoxy groups -OCH3 is 1. The molecule has 1 aromatic rings. The maximum absolute atomic E-state index is 12.1. The van der Waals surface area contributed by atoms with Gasteiger partial charge in [0, 0.05) is 0 Å². The van der Waals surface area contributed by atoms with E-state index in [2.05, 4.69) is 5.32 Å². The SMILES string of the molecule is COc1ccccc1NC(=O)[C@H](CC=C(Cl)Cl)C(C)=O. The third kappa shape index (κ3) is 4.87. The van der Waals surface area contributed by atoms with Gasteiger partial charge < -0.3 is 10.1 Å². The highest BCUT2D eigenvalue weighted by atomic mass is 35.5.